The average Bonchev–Trinajstić information content (AvgIpc) is 2.32. The molecule has 2 heteroatoms. The van der Waals surface area contributed by atoms with Crippen LogP contribution in [0.15, 0.2) is 24.3 Å². The second-order valence-corrected chi connectivity index (χ2v) is 6.77. The van der Waals surface area contributed by atoms with Gasteiger partial charge in [-0.05, 0) is 70.9 Å². The molecule has 0 amide bonds. The van der Waals surface area contributed by atoms with Crippen LogP contribution < -0.4 is 0 Å². The summed E-state index contributed by atoms with van der Waals surface area (Å²) in [5, 5.41) is 10.5. The highest BCUT2D eigenvalue weighted by atomic mass is 127. The molecule has 17 heavy (non-hydrogen) atoms. The fourth-order valence-electron chi connectivity index (χ4n) is 2.84. The van der Waals surface area contributed by atoms with Crippen LogP contribution in [0.2, 0.25) is 0 Å². The summed E-state index contributed by atoms with van der Waals surface area (Å²) in [5.41, 5.74) is 1.09. The number of aliphatic hydroxyl groups excluding tert-OH is 1. The van der Waals surface area contributed by atoms with E-state index in [2.05, 4.69) is 54.6 Å². The van der Waals surface area contributed by atoms with Crippen LogP contribution in [-0.4, -0.2) is 5.11 Å². The molecule has 1 N–H and O–H groups in total. The monoisotopic (exact) mass is 344 g/mol. The Kier molecular flexibility index (Phi) is 4.47. The zero-order valence-corrected chi connectivity index (χ0v) is 12.7. The Hall–Kier alpha value is -0.0900. The summed E-state index contributed by atoms with van der Waals surface area (Å²) in [6, 6.07) is 8.26. The van der Waals surface area contributed by atoms with Gasteiger partial charge in [-0.2, -0.15) is 0 Å². The van der Waals surface area contributed by atoms with Crippen molar-refractivity contribution in [1.29, 1.82) is 0 Å². The van der Waals surface area contributed by atoms with Crippen LogP contribution in [0.5, 0.6) is 0 Å². The number of benzene rings is 1. The van der Waals surface area contributed by atoms with Crippen LogP contribution in [0.3, 0.4) is 0 Å². The second kappa shape index (κ2) is 5.70. The van der Waals surface area contributed by atoms with E-state index in [4.69, 9.17) is 0 Å². The van der Waals surface area contributed by atoms with Gasteiger partial charge < -0.3 is 5.11 Å². The first-order valence-corrected chi connectivity index (χ1v) is 7.59. The Labute approximate surface area is 118 Å². The number of rotatable bonds is 2. The predicted molar refractivity (Wildman–Crippen MR) is 79.8 cm³/mol. The van der Waals surface area contributed by atoms with Crippen molar-refractivity contribution in [1.82, 2.24) is 0 Å². The lowest BCUT2D eigenvalue weighted by molar-refractivity contribution is 0.0560. The first kappa shape index (κ1) is 13.3. The zero-order chi connectivity index (χ0) is 12.4. The maximum Gasteiger partial charge on any atom is 0.0818 e. The van der Waals surface area contributed by atoms with Gasteiger partial charge in [-0.25, -0.2) is 0 Å². The van der Waals surface area contributed by atoms with Gasteiger partial charge in [-0.1, -0.05) is 32.4 Å². The van der Waals surface area contributed by atoms with Crippen LogP contribution in [0.4, 0.5) is 0 Å². The summed E-state index contributed by atoms with van der Waals surface area (Å²) in [5.74, 6) is 2.00. The molecule has 4 atom stereocenters. The van der Waals surface area contributed by atoms with Crippen LogP contribution in [0.1, 0.15) is 44.8 Å². The molecule has 0 aromatic heterocycles. The number of hydrogen-bond acceptors (Lipinski definition) is 1. The van der Waals surface area contributed by atoms with E-state index in [1.54, 1.807) is 0 Å². The molecule has 4 unspecified atom stereocenters. The van der Waals surface area contributed by atoms with Crippen molar-refractivity contribution in [2.24, 2.45) is 17.8 Å². The average molecular weight is 344 g/mol. The Morgan fingerprint density at radius 2 is 2.00 bits per heavy atom. The molecule has 0 aliphatic heterocycles. The lowest BCUT2D eigenvalue weighted by Gasteiger charge is -2.34. The van der Waals surface area contributed by atoms with E-state index >= 15 is 0 Å². The highest BCUT2D eigenvalue weighted by molar-refractivity contribution is 14.1. The highest BCUT2D eigenvalue weighted by Crippen LogP contribution is 2.39. The number of aliphatic hydroxyl groups is 1. The molecule has 1 nitrogen and oxygen atoms in total. The summed E-state index contributed by atoms with van der Waals surface area (Å²) in [6.07, 6.45) is 3.30. The van der Waals surface area contributed by atoms with Crippen molar-refractivity contribution in [3.63, 3.8) is 0 Å². The minimum atomic E-state index is -0.278. The maximum atomic E-state index is 10.5. The summed E-state index contributed by atoms with van der Waals surface area (Å²) < 4.78 is 1.20. The molecule has 94 valence electrons. The number of hydrogen-bond donors (Lipinski definition) is 1. The van der Waals surface area contributed by atoms with Crippen molar-refractivity contribution in [2.45, 2.75) is 39.2 Å². The summed E-state index contributed by atoms with van der Waals surface area (Å²) in [4.78, 5) is 0. The van der Waals surface area contributed by atoms with Gasteiger partial charge in [-0.15, -0.1) is 0 Å². The van der Waals surface area contributed by atoms with E-state index in [0.717, 1.165) is 30.2 Å². The first-order chi connectivity index (χ1) is 8.08. The molecule has 2 rings (SSSR count). The largest absolute Gasteiger partial charge is 0.388 e. The predicted octanol–water partition coefficient (Wildman–Crippen LogP) is 4.40. The minimum absolute atomic E-state index is 0.278. The topological polar surface area (TPSA) is 20.2 Å². The summed E-state index contributed by atoms with van der Waals surface area (Å²) >= 11 is 2.31. The molecule has 0 spiro atoms. The van der Waals surface area contributed by atoms with E-state index in [1.165, 1.54) is 9.99 Å². The third kappa shape index (κ3) is 3.22. The zero-order valence-electron chi connectivity index (χ0n) is 10.6. The maximum absolute atomic E-state index is 10.5. The molecular weight excluding hydrogens is 323 g/mol. The van der Waals surface area contributed by atoms with Crippen molar-refractivity contribution in [2.75, 3.05) is 0 Å². The molecule has 0 saturated heterocycles. The van der Waals surface area contributed by atoms with Gasteiger partial charge in [0.15, 0.2) is 0 Å². The standard InChI is InChI=1S/C15H21IO/c1-10-6-7-13(8-11(10)2)15(17)12-4-3-5-14(16)9-12/h3-5,9-11,13,15,17H,6-8H2,1-2H3. The van der Waals surface area contributed by atoms with Gasteiger partial charge in [0.05, 0.1) is 6.10 Å². The minimum Gasteiger partial charge on any atom is -0.388 e. The molecule has 1 fully saturated rings. The van der Waals surface area contributed by atoms with Gasteiger partial charge in [0, 0.05) is 3.57 Å². The third-order valence-corrected chi connectivity index (χ3v) is 4.95. The van der Waals surface area contributed by atoms with Crippen LogP contribution in [-0.2, 0) is 0 Å². The molecule has 1 aliphatic rings. The van der Waals surface area contributed by atoms with E-state index in [0.29, 0.717) is 5.92 Å². The molecule has 1 saturated carbocycles. The van der Waals surface area contributed by atoms with Crippen LogP contribution in [0, 0.1) is 21.3 Å². The van der Waals surface area contributed by atoms with E-state index < -0.39 is 0 Å². The lowest BCUT2D eigenvalue weighted by Crippen LogP contribution is -2.25. The van der Waals surface area contributed by atoms with E-state index in [9.17, 15) is 5.11 Å². The quantitative estimate of drug-likeness (QED) is 0.789. The van der Waals surface area contributed by atoms with Gasteiger partial charge in [0.1, 0.15) is 0 Å². The SMILES string of the molecule is CC1CCC(C(O)c2cccc(I)c2)CC1C. The van der Waals surface area contributed by atoms with Crippen molar-refractivity contribution in [3.05, 3.63) is 33.4 Å². The van der Waals surface area contributed by atoms with Crippen LogP contribution in [0.25, 0.3) is 0 Å². The van der Waals surface area contributed by atoms with Gasteiger partial charge in [0.25, 0.3) is 0 Å². The Morgan fingerprint density at radius 1 is 1.24 bits per heavy atom. The van der Waals surface area contributed by atoms with Crippen molar-refractivity contribution >= 4 is 22.6 Å². The van der Waals surface area contributed by atoms with Crippen LogP contribution >= 0.6 is 22.6 Å². The van der Waals surface area contributed by atoms with Crippen molar-refractivity contribution in [3.8, 4) is 0 Å². The summed E-state index contributed by atoms with van der Waals surface area (Å²) in [6.45, 7) is 4.65. The van der Waals surface area contributed by atoms with Gasteiger partial charge in [0.2, 0.25) is 0 Å². The number of halogens is 1. The smallest absolute Gasteiger partial charge is 0.0818 e. The molecule has 1 aromatic rings. The molecule has 0 bridgehead atoms. The fraction of sp³-hybridized carbons (Fsp3) is 0.600. The second-order valence-electron chi connectivity index (χ2n) is 5.53. The molecule has 1 aliphatic carbocycles. The van der Waals surface area contributed by atoms with E-state index in [1.807, 2.05) is 6.07 Å². The summed E-state index contributed by atoms with van der Waals surface area (Å²) in [7, 11) is 0. The Morgan fingerprint density at radius 3 is 2.65 bits per heavy atom. The van der Waals surface area contributed by atoms with Gasteiger partial charge >= 0.3 is 0 Å². The first-order valence-electron chi connectivity index (χ1n) is 6.51. The highest BCUT2D eigenvalue weighted by Gasteiger charge is 2.29. The fourth-order valence-corrected chi connectivity index (χ4v) is 3.41. The molecule has 1 aromatic carbocycles. The van der Waals surface area contributed by atoms with E-state index in [-0.39, 0.29) is 6.10 Å². The normalized spacial score (nSPS) is 31.2. The third-order valence-electron chi connectivity index (χ3n) is 4.28. The lowest BCUT2D eigenvalue weighted by atomic mass is 9.73. The Balaban J connectivity index is 2.07. The van der Waals surface area contributed by atoms with Crippen molar-refractivity contribution < 1.29 is 5.11 Å². The Bertz CT molecular complexity index is 377. The molecule has 0 radical (unpaired) electrons. The van der Waals surface area contributed by atoms with Gasteiger partial charge in [-0.3, -0.25) is 0 Å². The molecular formula is C15H21IO. The molecule has 0 heterocycles.